The summed E-state index contributed by atoms with van der Waals surface area (Å²) in [5.41, 5.74) is -1.65. The number of benzene rings is 1. The van der Waals surface area contributed by atoms with Crippen LogP contribution in [0.1, 0.15) is 25.0 Å². The van der Waals surface area contributed by atoms with Crippen LogP contribution in [0, 0.1) is 10.1 Å². The average Bonchev–Trinajstić information content (AvgIpc) is 2.23. The summed E-state index contributed by atoms with van der Waals surface area (Å²) in [4.78, 5) is 10.3. The topological polar surface area (TPSA) is 89.3 Å². The Morgan fingerprint density at radius 1 is 1.42 bits per heavy atom. The Hall–Kier alpha value is -1.54. The highest BCUT2D eigenvalue weighted by Gasteiger charge is 2.24. The lowest BCUT2D eigenvalue weighted by molar-refractivity contribution is -0.385. The van der Waals surface area contributed by atoms with Gasteiger partial charge in [-0.15, -0.1) is 0 Å². The first-order valence-electron chi connectivity index (χ1n) is 5.42. The third-order valence-electron chi connectivity index (χ3n) is 2.49. The van der Waals surface area contributed by atoms with Crippen LogP contribution in [-0.2, 0) is 22.2 Å². The second-order valence-corrected chi connectivity index (χ2v) is 6.50. The lowest BCUT2D eigenvalue weighted by Crippen LogP contribution is -2.22. The molecule has 0 unspecified atom stereocenters. The Balaban J connectivity index is 3.16. The largest absolute Gasteiger partial charge is 0.274 e. The third-order valence-corrected chi connectivity index (χ3v) is 3.16. The first-order valence-corrected chi connectivity index (χ1v) is 7.31. The van der Waals surface area contributed by atoms with Gasteiger partial charge in [-0.3, -0.25) is 10.1 Å². The fourth-order valence-corrected chi connectivity index (χ4v) is 1.88. The predicted molar refractivity (Wildman–Crippen MR) is 68.9 cm³/mol. The van der Waals surface area contributed by atoms with Crippen molar-refractivity contribution in [3.8, 4) is 0 Å². The normalized spacial score (nSPS) is 12.4. The minimum Gasteiger partial charge on any atom is -0.258 e. The Morgan fingerprint density at radius 3 is 2.42 bits per heavy atom. The second kappa shape index (κ2) is 5.22. The van der Waals surface area contributed by atoms with Crippen molar-refractivity contribution in [3.05, 3.63) is 39.4 Å². The molecule has 0 fully saturated rings. The maximum Gasteiger partial charge on any atom is 0.274 e. The lowest BCUT2D eigenvalue weighted by atomic mass is 9.98. The zero-order valence-electron chi connectivity index (χ0n) is 10.8. The van der Waals surface area contributed by atoms with Gasteiger partial charge in [0.05, 0.1) is 11.2 Å². The van der Waals surface area contributed by atoms with E-state index in [1.54, 1.807) is 0 Å². The molecule has 1 N–H and O–H groups in total. The fraction of sp³-hybridized carbons (Fsp3) is 0.455. The summed E-state index contributed by atoms with van der Waals surface area (Å²) < 4.78 is 37.8. The van der Waals surface area contributed by atoms with Gasteiger partial charge in [-0.05, 0) is 19.4 Å². The molecule has 0 bridgehead atoms. The summed E-state index contributed by atoms with van der Waals surface area (Å²) in [7, 11) is -3.45. The number of nitro benzene ring substituents is 1. The van der Waals surface area contributed by atoms with Crippen molar-refractivity contribution in [1.82, 2.24) is 4.72 Å². The van der Waals surface area contributed by atoms with E-state index in [0.717, 1.165) is 12.3 Å². The highest BCUT2D eigenvalue weighted by Crippen LogP contribution is 2.29. The Morgan fingerprint density at radius 2 is 2.00 bits per heavy atom. The minimum absolute atomic E-state index is 0.169. The van der Waals surface area contributed by atoms with Crippen molar-refractivity contribution < 1.29 is 17.7 Å². The Labute approximate surface area is 110 Å². The first kappa shape index (κ1) is 15.5. The van der Waals surface area contributed by atoms with Crippen molar-refractivity contribution >= 4 is 15.7 Å². The molecule has 0 aromatic heterocycles. The van der Waals surface area contributed by atoms with Crippen molar-refractivity contribution in [3.63, 3.8) is 0 Å². The fourth-order valence-electron chi connectivity index (χ4n) is 1.46. The highest BCUT2D eigenvalue weighted by molar-refractivity contribution is 7.88. The number of nitro groups is 1. The summed E-state index contributed by atoms with van der Waals surface area (Å²) in [5, 5.41) is 10.9. The molecule has 8 heteroatoms. The Kier molecular flexibility index (Phi) is 4.26. The van der Waals surface area contributed by atoms with E-state index in [9.17, 15) is 22.9 Å². The quantitative estimate of drug-likeness (QED) is 0.662. The van der Waals surface area contributed by atoms with Gasteiger partial charge in [-0.25, -0.2) is 17.5 Å². The molecule has 0 spiro atoms. The van der Waals surface area contributed by atoms with E-state index in [4.69, 9.17) is 0 Å². The summed E-state index contributed by atoms with van der Waals surface area (Å²) in [6, 6.07) is 3.89. The van der Waals surface area contributed by atoms with Gasteiger partial charge in [-0.2, -0.15) is 0 Å². The van der Waals surface area contributed by atoms with Crippen LogP contribution in [0.25, 0.3) is 0 Å². The molecule has 6 nitrogen and oxygen atoms in total. The zero-order chi connectivity index (χ0) is 14.8. The number of rotatable bonds is 5. The van der Waals surface area contributed by atoms with Gasteiger partial charge in [0, 0.05) is 18.2 Å². The summed E-state index contributed by atoms with van der Waals surface area (Å²) in [5.74, 6) is 0. The SMILES string of the molecule is CC(C)(F)c1ccc(CNS(C)(=O)=O)c([N+](=O)[O-])c1. The van der Waals surface area contributed by atoms with E-state index in [-0.39, 0.29) is 23.4 Å². The van der Waals surface area contributed by atoms with Gasteiger partial charge in [0.25, 0.3) is 5.69 Å². The molecule has 1 rings (SSSR count). The number of nitrogens with one attached hydrogen (secondary N) is 1. The molecule has 0 radical (unpaired) electrons. The molecule has 0 atom stereocenters. The maximum atomic E-state index is 13.7. The van der Waals surface area contributed by atoms with E-state index >= 15 is 0 Å². The van der Waals surface area contributed by atoms with Gasteiger partial charge >= 0.3 is 0 Å². The van der Waals surface area contributed by atoms with Crippen LogP contribution in [0.5, 0.6) is 0 Å². The zero-order valence-corrected chi connectivity index (χ0v) is 11.6. The summed E-state index contributed by atoms with van der Waals surface area (Å²) in [6.45, 7) is 2.38. The molecule has 106 valence electrons. The monoisotopic (exact) mass is 290 g/mol. The van der Waals surface area contributed by atoms with Crippen LogP contribution >= 0.6 is 0 Å². The molecule has 0 aliphatic carbocycles. The van der Waals surface area contributed by atoms with Gasteiger partial charge in [-0.1, -0.05) is 12.1 Å². The second-order valence-electron chi connectivity index (χ2n) is 4.67. The van der Waals surface area contributed by atoms with Crippen LogP contribution in [0.2, 0.25) is 0 Å². The molecule has 1 aromatic carbocycles. The number of nitrogens with zero attached hydrogens (tertiary/aromatic N) is 1. The van der Waals surface area contributed by atoms with E-state index < -0.39 is 20.6 Å². The molecule has 0 heterocycles. The number of halogens is 1. The summed E-state index contributed by atoms with van der Waals surface area (Å²) >= 11 is 0. The average molecular weight is 290 g/mol. The number of sulfonamides is 1. The third kappa shape index (κ3) is 4.56. The summed E-state index contributed by atoms with van der Waals surface area (Å²) in [6.07, 6.45) is 0.956. The van der Waals surface area contributed by atoms with Gasteiger partial charge < -0.3 is 0 Å². The van der Waals surface area contributed by atoms with Crippen LogP contribution in [0.15, 0.2) is 18.2 Å². The smallest absolute Gasteiger partial charge is 0.258 e. The van der Waals surface area contributed by atoms with Crippen LogP contribution < -0.4 is 4.72 Å². The van der Waals surface area contributed by atoms with Crippen LogP contribution in [0.4, 0.5) is 10.1 Å². The standard InChI is InChI=1S/C11H15FN2O4S/c1-11(2,12)9-5-4-8(7-13-19(3,17)18)10(6-9)14(15)16/h4-6,13H,7H2,1-3H3. The van der Waals surface area contributed by atoms with E-state index in [1.807, 2.05) is 0 Å². The molecular formula is C11H15FN2O4S. The van der Waals surface area contributed by atoms with Crippen molar-refractivity contribution in [2.45, 2.75) is 26.1 Å². The van der Waals surface area contributed by atoms with Gasteiger partial charge in [0.2, 0.25) is 10.0 Å². The molecule has 0 amide bonds. The Bertz CT molecular complexity index is 593. The van der Waals surface area contributed by atoms with E-state index in [2.05, 4.69) is 4.72 Å². The van der Waals surface area contributed by atoms with Crippen molar-refractivity contribution in [1.29, 1.82) is 0 Å². The van der Waals surface area contributed by atoms with E-state index in [0.29, 0.717) is 0 Å². The number of hydrogen-bond donors (Lipinski definition) is 1. The molecule has 0 aliphatic rings. The highest BCUT2D eigenvalue weighted by atomic mass is 32.2. The molecule has 1 aromatic rings. The molecule has 0 saturated carbocycles. The maximum absolute atomic E-state index is 13.7. The van der Waals surface area contributed by atoms with Crippen LogP contribution in [-0.4, -0.2) is 19.6 Å². The number of hydrogen-bond acceptors (Lipinski definition) is 4. The van der Waals surface area contributed by atoms with Crippen molar-refractivity contribution in [2.24, 2.45) is 0 Å². The predicted octanol–water partition coefficient (Wildman–Crippen LogP) is 1.85. The van der Waals surface area contributed by atoms with Gasteiger partial charge in [0.1, 0.15) is 5.67 Å². The molecule has 0 aliphatic heterocycles. The molecule has 19 heavy (non-hydrogen) atoms. The molecular weight excluding hydrogens is 275 g/mol. The molecule has 0 saturated heterocycles. The van der Waals surface area contributed by atoms with E-state index in [1.165, 1.54) is 26.0 Å². The number of alkyl halides is 1. The van der Waals surface area contributed by atoms with Crippen LogP contribution in [0.3, 0.4) is 0 Å². The lowest BCUT2D eigenvalue weighted by Gasteiger charge is -2.15. The van der Waals surface area contributed by atoms with Crippen molar-refractivity contribution in [2.75, 3.05) is 6.26 Å². The minimum atomic E-state index is -3.45. The first-order chi connectivity index (χ1) is 8.50. The van der Waals surface area contributed by atoms with Gasteiger partial charge in [0.15, 0.2) is 0 Å².